The fourth-order valence-electron chi connectivity index (χ4n) is 2.46. The van der Waals surface area contributed by atoms with E-state index in [1.807, 2.05) is 0 Å². The van der Waals surface area contributed by atoms with Gasteiger partial charge in [-0.1, -0.05) is 59.1 Å². The summed E-state index contributed by atoms with van der Waals surface area (Å²) in [4.78, 5) is 11.6. The highest BCUT2D eigenvalue weighted by Crippen LogP contribution is 2.40. The molecule has 0 saturated carbocycles. The van der Waals surface area contributed by atoms with Crippen LogP contribution in [0.2, 0.25) is 0 Å². The van der Waals surface area contributed by atoms with E-state index in [0.717, 1.165) is 12.0 Å². The summed E-state index contributed by atoms with van der Waals surface area (Å²) >= 11 is 0. The summed E-state index contributed by atoms with van der Waals surface area (Å²) in [5.74, 6) is 0.460. The lowest BCUT2D eigenvalue weighted by atomic mass is 9.68. The average Bonchev–Trinajstić information content (AvgIpc) is 2.23. The molecule has 0 N–H and O–H groups in total. The van der Waals surface area contributed by atoms with Gasteiger partial charge in [0.25, 0.3) is 0 Å². The third-order valence-corrected chi connectivity index (χ3v) is 3.65. The Hall–Kier alpha value is -0.850. The van der Waals surface area contributed by atoms with Crippen molar-refractivity contribution < 1.29 is 4.79 Å². The van der Waals surface area contributed by atoms with Gasteiger partial charge in [-0.15, -0.1) is 0 Å². The first-order valence-corrected chi connectivity index (χ1v) is 6.41. The van der Waals surface area contributed by atoms with E-state index < -0.39 is 0 Å². The van der Waals surface area contributed by atoms with Crippen LogP contribution < -0.4 is 0 Å². The zero-order valence-electron chi connectivity index (χ0n) is 10.9. The quantitative estimate of drug-likeness (QED) is 0.499. The van der Waals surface area contributed by atoms with Gasteiger partial charge in [-0.05, 0) is 29.4 Å². The highest BCUT2D eigenvalue weighted by atomic mass is 16.1. The van der Waals surface area contributed by atoms with Crippen molar-refractivity contribution in [3.8, 4) is 0 Å². The maximum absolute atomic E-state index is 11.6. The molecule has 0 saturated heterocycles. The van der Waals surface area contributed by atoms with Gasteiger partial charge in [0.05, 0.1) is 0 Å². The summed E-state index contributed by atoms with van der Waals surface area (Å²) < 4.78 is 0. The first-order valence-electron chi connectivity index (χ1n) is 6.41. The molecule has 0 aromatic rings. The molecule has 1 unspecified atom stereocenters. The minimum Gasteiger partial charge on any atom is -0.290 e. The van der Waals surface area contributed by atoms with E-state index >= 15 is 0 Å². The molecule has 0 amide bonds. The molecule has 0 aromatic carbocycles. The molecule has 0 fully saturated rings. The number of carbonyl (C=O) groups excluding carboxylic acids is 1. The van der Waals surface area contributed by atoms with Crippen LogP contribution in [-0.2, 0) is 4.79 Å². The van der Waals surface area contributed by atoms with Crippen molar-refractivity contribution in [3.63, 3.8) is 0 Å². The normalized spacial score (nSPS) is 23.8. The smallest absolute Gasteiger partial charge is 0.181 e. The summed E-state index contributed by atoms with van der Waals surface area (Å²) in [5.41, 5.74) is 0.904. The number of hydrogen-bond donors (Lipinski definition) is 0. The molecule has 0 spiro atoms. The number of rotatable bonds is 5. The van der Waals surface area contributed by atoms with Gasteiger partial charge in [-0.2, -0.15) is 0 Å². The highest BCUT2D eigenvalue weighted by molar-refractivity contribution is 6.05. The van der Waals surface area contributed by atoms with Crippen LogP contribution in [0.5, 0.6) is 0 Å². The van der Waals surface area contributed by atoms with Crippen molar-refractivity contribution in [2.75, 3.05) is 0 Å². The van der Waals surface area contributed by atoms with Crippen LogP contribution in [0.15, 0.2) is 24.3 Å². The lowest BCUT2D eigenvalue weighted by Gasteiger charge is -2.35. The van der Waals surface area contributed by atoms with Crippen molar-refractivity contribution in [1.82, 2.24) is 0 Å². The highest BCUT2D eigenvalue weighted by Gasteiger charge is 2.34. The van der Waals surface area contributed by atoms with E-state index in [-0.39, 0.29) is 11.2 Å². The Morgan fingerprint density at radius 3 is 2.62 bits per heavy atom. The molecule has 0 aliphatic heterocycles. The molecule has 1 rings (SSSR count). The van der Waals surface area contributed by atoms with E-state index in [1.54, 1.807) is 6.08 Å². The lowest BCUT2D eigenvalue weighted by Crippen LogP contribution is -2.30. The second-order valence-corrected chi connectivity index (χ2v) is 5.45. The summed E-state index contributed by atoms with van der Waals surface area (Å²) in [6.07, 6.45) is 9.87. The predicted molar refractivity (Wildman–Crippen MR) is 69.3 cm³/mol. The Morgan fingerprint density at radius 2 is 2.00 bits per heavy atom. The van der Waals surface area contributed by atoms with Gasteiger partial charge < -0.3 is 0 Å². The summed E-state index contributed by atoms with van der Waals surface area (Å²) in [5, 5.41) is 0. The Labute approximate surface area is 99.6 Å². The van der Waals surface area contributed by atoms with Gasteiger partial charge in [0.2, 0.25) is 0 Å². The SMILES string of the molecule is C=C1C(=O)C=CC(C)(C)C1CCCCCC. The second kappa shape index (κ2) is 5.47. The van der Waals surface area contributed by atoms with Crippen LogP contribution in [0, 0.1) is 11.3 Å². The van der Waals surface area contributed by atoms with E-state index in [4.69, 9.17) is 0 Å². The molecule has 1 nitrogen and oxygen atoms in total. The molecule has 1 heteroatoms. The Balaban J connectivity index is 2.58. The predicted octanol–water partition coefficient (Wildman–Crippen LogP) is 4.29. The maximum atomic E-state index is 11.6. The first kappa shape index (κ1) is 13.2. The molecule has 0 bridgehead atoms. The van der Waals surface area contributed by atoms with Crippen LogP contribution in [0.25, 0.3) is 0 Å². The van der Waals surface area contributed by atoms with Gasteiger partial charge in [0.15, 0.2) is 5.78 Å². The Kier molecular flexibility index (Phi) is 4.52. The average molecular weight is 220 g/mol. The summed E-state index contributed by atoms with van der Waals surface area (Å²) in [6.45, 7) is 10.6. The Morgan fingerprint density at radius 1 is 1.31 bits per heavy atom. The van der Waals surface area contributed by atoms with E-state index in [0.29, 0.717) is 5.92 Å². The molecular formula is C15H24O. The van der Waals surface area contributed by atoms with Gasteiger partial charge in [-0.25, -0.2) is 0 Å². The van der Waals surface area contributed by atoms with Crippen LogP contribution in [0.3, 0.4) is 0 Å². The van der Waals surface area contributed by atoms with Crippen molar-refractivity contribution in [3.05, 3.63) is 24.3 Å². The van der Waals surface area contributed by atoms with E-state index in [9.17, 15) is 4.79 Å². The zero-order chi connectivity index (χ0) is 12.2. The minimum atomic E-state index is 0.0945. The maximum Gasteiger partial charge on any atom is 0.181 e. The number of hydrogen-bond acceptors (Lipinski definition) is 1. The summed E-state index contributed by atoms with van der Waals surface area (Å²) in [6, 6.07) is 0. The van der Waals surface area contributed by atoms with E-state index in [2.05, 4.69) is 33.4 Å². The first-order chi connectivity index (χ1) is 7.49. The van der Waals surface area contributed by atoms with Gasteiger partial charge >= 0.3 is 0 Å². The monoisotopic (exact) mass is 220 g/mol. The third-order valence-electron chi connectivity index (χ3n) is 3.65. The summed E-state index contributed by atoms with van der Waals surface area (Å²) in [7, 11) is 0. The Bertz CT molecular complexity index is 297. The minimum absolute atomic E-state index is 0.0945. The van der Waals surface area contributed by atoms with E-state index in [1.165, 1.54) is 25.7 Å². The molecule has 1 aliphatic carbocycles. The van der Waals surface area contributed by atoms with Gasteiger partial charge in [-0.3, -0.25) is 4.79 Å². The third kappa shape index (κ3) is 3.07. The standard InChI is InChI=1S/C15H24O/c1-5-6-7-8-9-13-12(2)14(16)10-11-15(13,3)4/h10-11,13H,2,5-9H2,1,3-4H3. The number of ketones is 1. The second-order valence-electron chi connectivity index (χ2n) is 5.45. The number of allylic oxidation sites excluding steroid dienone is 3. The van der Waals surface area contributed by atoms with Crippen molar-refractivity contribution in [2.24, 2.45) is 11.3 Å². The molecular weight excluding hydrogens is 196 g/mol. The van der Waals surface area contributed by atoms with Gasteiger partial charge in [0.1, 0.15) is 0 Å². The van der Waals surface area contributed by atoms with Gasteiger partial charge in [0, 0.05) is 0 Å². The molecule has 1 atom stereocenters. The van der Waals surface area contributed by atoms with Crippen LogP contribution >= 0.6 is 0 Å². The zero-order valence-corrected chi connectivity index (χ0v) is 10.9. The fraction of sp³-hybridized carbons (Fsp3) is 0.667. The molecule has 16 heavy (non-hydrogen) atoms. The van der Waals surface area contributed by atoms with Crippen molar-refractivity contribution in [1.29, 1.82) is 0 Å². The van der Waals surface area contributed by atoms with Crippen LogP contribution in [0.4, 0.5) is 0 Å². The molecule has 0 aromatic heterocycles. The van der Waals surface area contributed by atoms with Crippen molar-refractivity contribution in [2.45, 2.75) is 52.9 Å². The van der Waals surface area contributed by atoms with Crippen molar-refractivity contribution >= 4 is 5.78 Å². The molecule has 0 heterocycles. The number of unbranched alkanes of at least 4 members (excludes halogenated alkanes) is 3. The fourth-order valence-corrected chi connectivity index (χ4v) is 2.46. The molecule has 1 aliphatic rings. The van der Waals surface area contributed by atoms with Crippen LogP contribution in [-0.4, -0.2) is 5.78 Å². The molecule has 0 radical (unpaired) electrons. The number of carbonyl (C=O) groups is 1. The topological polar surface area (TPSA) is 17.1 Å². The largest absolute Gasteiger partial charge is 0.290 e. The van der Waals surface area contributed by atoms with Crippen LogP contribution in [0.1, 0.15) is 52.9 Å². The molecule has 90 valence electrons. The lowest BCUT2D eigenvalue weighted by molar-refractivity contribution is -0.112.